The van der Waals surface area contributed by atoms with E-state index in [-0.39, 0.29) is 0 Å². The van der Waals surface area contributed by atoms with Crippen molar-refractivity contribution >= 4 is 0 Å². The fraction of sp³-hybridized carbons (Fsp3) is 1.00. The monoisotopic (exact) mass is 217 g/mol. The van der Waals surface area contributed by atoms with Crippen LogP contribution in [0.2, 0.25) is 0 Å². The first-order chi connectivity index (χ1) is 7.27. The van der Waals surface area contributed by atoms with Crippen LogP contribution in [0.1, 0.15) is 39.5 Å². The molecule has 0 rings (SSSR count). The average molecular weight is 217 g/mol. The third-order valence-corrected chi connectivity index (χ3v) is 2.15. The highest BCUT2D eigenvalue weighted by Crippen LogP contribution is 1.93. The molecular formula is C12H27NO2. The van der Waals surface area contributed by atoms with Gasteiger partial charge in [-0.05, 0) is 52.6 Å². The van der Waals surface area contributed by atoms with Crippen molar-refractivity contribution in [1.29, 1.82) is 0 Å². The van der Waals surface area contributed by atoms with Crippen LogP contribution in [-0.2, 0) is 9.47 Å². The maximum atomic E-state index is 5.46. The molecule has 0 unspecified atom stereocenters. The Morgan fingerprint density at radius 1 is 0.933 bits per heavy atom. The van der Waals surface area contributed by atoms with Crippen LogP contribution in [0.4, 0.5) is 0 Å². The van der Waals surface area contributed by atoms with Crippen LogP contribution in [0.5, 0.6) is 0 Å². The maximum Gasteiger partial charge on any atom is 0.0518 e. The molecule has 0 aromatic heterocycles. The molecule has 3 nitrogen and oxygen atoms in total. The zero-order valence-electron chi connectivity index (χ0n) is 10.6. The second-order valence-electron chi connectivity index (χ2n) is 4.08. The third kappa shape index (κ3) is 13.9. The molecule has 3 heteroatoms. The largest absolute Gasteiger partial charge is 0.385 e. The van der Waals surface area contributed by atoms with Gasteiger partial charge >= 0.3 is 0 Å². The van der Waals surface area contributed by atoms with Crippen LogP contribution in [-0.4, -0.2) is 39.5 Å². The predicted molar refractivity (Wildman–Crippen MR) is 64.3 cm³/mol. The lowest BCUT2D eigenvalue weighted by molar-refractivity contribution is 0.0760. The fourth-order valence-electron chi connectivity index (χ4n) is 1.29. The van der Waals surface area contributed by atoms with Crippen LogP contribution in [0.15, 0.2) is 0 Å². The molecule has 0 aromatic carbocycles. The summed E-state index contributed by atoms with van der Waals surface area (Å²) < 4.78 is 10.4. The van der Waals surface area contributed by atoms with Crippen LogP contribution in [0.25, 0.3) is 0 Å². The molecule has 0 bridgehead atoms. The van der Waals surface area contributed by atoms with E-state index in [4.69, 9.17) is 9.47 Å². The van der Waals surface area contributed by atoms with Gasteiger partial charge in [0, 0.05) is 20.3 Å². The number of hydrogen-bond acceptors (Lipinski definition) is 3. The molecule has 0 saturated heterocycles. The molecule has 0 aromatic rings. The van der Waals surface area contributed by atoms with Gasteiger partial charge < -0.3 is 14.8 Å². The van der Waals surface area contributed by atoms with E-state index in [0.717, 1.165) is 39.1 Å². The minimum Gasteiger partial charge on any atom is -0.385 e. The van der Waals surface area contributed by atoms with Gasteiger partial charge in [0.05, 0.1) is 6.10 Å². The van der Waals surface area contributed by atoms with Gasteiger partial charge in [-0.25, -0.2) is 0 Å². The summed E-state index contributed by atoms with van der Waals surface area (Å²) in [6.07, 6.45) is 5.09. The Balaban J connectivity index is 2.87. The maximum absolute atomic E-state index is 5.46. The molecule has 0 heterocycles. The Kier molecular flexibility index (Phi) is 11.9. The molecule has 0 atom stereocenters. The fourth-order valence-corrected chi connectivity index (χ4v) is 1.29. The van der Waals surface area contributed by atoms with Crippen molar-refractivity contribution in [2.45, 2.75) is 45.6 Å². The topological polar surface area (TPSA) is 30.5 Å². The number of unbranched alkanes of at least 4 members (excludes halogenated alkanes) is 2. The smallest absolute Gasteiger partial charge is 0.0518 e. The van der Waals surface area contributed by atoms with E-state index >= 15 is 0 Å². The average Bonchev–Trinajstić information content (AvgIpc) is 2.20. The van der Waals surface area contributed by atoms with Crippen molar-refractivity contribution < 1.29 is 9.47 Å². The molecular weight excluding hydrogens is 190 g/mol. The van der Waals surface area contributed by atoms with E-state index in [9.17, 15) is 0 Å². The first-order valence-corrected chi connectivity index (χ1v) is 6.08. The molecule has 0 spiro atoms. The quantitative estimate of drug-likeness (QED) is 0.538. The molecule has 0 radical (unpaired) electrons. The van der Waals surface area contributed by atoms with Crippen LogP contribution < -0.4 is 5.32 Å². The van der Waals surface area contributed by atoms with Crippen molar-refractivity contribution in [3.63, 3.8) is 0 Å². The first kappa shape index (κ1) is 14.9. The summed E-state index contributed by atoms with van der Waals surface area (Å²) in [5.74, 6) is 0. The SMILES string of the molecule is COCCCCNCCCCOC(C)C. The van der Waals surface area contributed by atoms with E-state index in [1.807, 2.05) is 0 Å². The predicted octanol–water partition coefficient (Wildman–Crippen LogP) is 2.21. The van der Waals surface area contributed by atoms with Gasteiger partial charge in [-0.3, -0.25) is 0 Å². The summed E-state index contributed by atoms with van der Waals surface area (Å²) in [7, 11) is 1.75. The summed E-state index contributed by atoms with van der Waals surface area (Å²) >= 11 is 0. The van der Waals surface area contributed by atoms with Crippen molar-refractivity contribution in [3.05, 3.63) is 0 Å². The summed E-state index contributed by atoms with van der Waals surface area (Å²) in [4.78, 5) is 0. The number of methoxy groups -OCH3 is 1. The number of ether oxygens (including phenoxy) is 2. The summed E-state index contributed by atoms with van der Waals surface area (Å²) in [6.45, 7) is 8.14. The van der Waals surface area contributed by atoms with Gasteiger partial charge in [0.1, 0.15) is 0 Å². The number of nitrogens with one attached hydrogen (secondary N) is 1. The lowest BCUT2D eigenvalue weighted by Crippen LogP contribution is -2.17. The van der Waals surface area contributed by atoms with Gasteiger partial charge in [0.25, 0.3) is 0 Å². The minimum atomic E-state index is 0.368. The molecule has 92 valence electrons. The normalized spacial score (nSPS) is 11.2. The number of hydrogen-bond donors (Lipinski definition) is 1. The molecule has 0 amide bonds. The van der Waals surface area contributed by atoms with E-state index < -0.39 is 0 Å². The molecule has 0 aliphatic rings. The lowest BCUT2D eigenvalue weighted by Gasteiger charge is -2.07. The van der Waals surface area contributed by atoms with E-state index in [1.165, 1.54) is 12.8 Å². The van der Waals surface area contributed by atoms with Crippen LogP contribution in [0.3, 0.4) is 0 Å². The van der Waals surface area contributed by atoms with Crippen LogP contribution in [0, 0.1) is 0 Å². The Hall–Kier alpha value is -0.120. The van der Waals surface area contributed by atoms with Crippen molar-refractivity contribution in [1.82, 2.24) is 5.32 Å². The van der Waals surface area contributed by atoms with Gasteiger partial charge in [-0.15, -0.1) is 0 Å². The Morgan fingerprint density at radius 2 is 1.53 bits per heavy atom. The summed E-state index contributed by atoms with van der Waals surface area (Å²) in [5, 5.41) is 3.42. The summed E-state index contributed by atoms with van der Waals surface area (Å²) in [6, 6.07) is 0. The van der Waals surface area contributed by atoms with E-state index in [1.54, 1.807) is 7.11 Å². The lowest BCUT2D eigenvalue weighted by atomic mass is 10.3. The minimum absolute atomic E-state index is 0.368. The Labute approximate surface area is 94.5 Å². The van der Waals surface area contributed by atoms with Gasteiger partial charge in [-0.1, -0.05) is 0 Å². The Morgan fingerprint density at radius 3 is 2.07 bits per heavy atom. The van der Waals surface area contributed by atoms with Crippen molar-refractivity contribution in [2.75, 3.05) is 33.4 Å². The molecule has 1 N–H and O–H groups in total. The summed E-state index contributed by atoms with van der Waals surface area (Å²) in [5.41, 5.74) is 0. The van der Waals surface area contributed by atoms with Gasteiger partial charge in [-0.2, -0.15) is 0 Å². The molecule has 15 heavy (non-hydrogen) atoms. The highest BCUT2D eigenvalue weighted by atomic mass is 16.5. The Bertz CT molecular complexity index is 118. The molecule has 0 fully saturated rings. The van der Waals surface area contributed by atoms with Crippen molar-refractivity contribution in [2.24, 2.45) is 0 Å². The standard InChI is InChI=1S/C12H27NO2/c1-12(2)15-11-7-5-9-13-8-4-6-10-14-3/h12-13H,4-11H2,1-3H3. The number of rotatable bonds is 11. The van der Waals surface area contributed by atoms with E-state index in [0.29, 0.717) is 6.10 Å². The second-order valence-corrected chi connectivity index (χ2v) is 4.08. The second kappa shape index (κ2) is 12.0. The van der Waals surface area contributed by atoms with Crippen LogP contribution >= 0.6 is 0 Å². The van der Waals surface area contributed by atoms with Crippen molar-refractivity contribution in [3.8, 4) is 0 Å². The van der Waals surface area contributed by atoms with Gasteiger partial charge in [0.2, 0.25) is 0 Å². The van der Waals surface area contributed by atoms with E-state index in [2.05, 4.69) is 19.2 Å². The molecule has 0 saturated carbocycles. The molecule has 0 aliphatic carbocycles. The first-order valence-electron chi connectivity index (χ1n) is 6.08. The zero-order valence-corrected chi connectivity index (χ0v) is 10.6. The zero-order chi connectivity index (χ0) is 11.4. The highest BCUT2D eigenvalue weighted by Gasteiger charge is 1.93. The van der Waals surface area contributed by atoms with Gasteiger partial charge in [0.15, 0.2) is 0 Å². The highest BCUT2D eigenvalue weighted by molar-refractivity contribution is 4.49. The molecule has 0 aliphatic heterocycles. The third-order valence-electron chi connectivity index (χ3n) is 2.15.